The summed E-state index contributed by atoms with van der Waals surface area (Å²) in [5.41, 5.74) is -0.185. The van der Waals surface area contributed by atoms with Gasteiger partial charge in [0, 0.05) is 0 Å². The number of hydrogen-bond donors (Lipinski definition) is 0. The van der Waals surface area contributed by atoms with Crippen LogP contribution < -0.4 is 4.46 Å². The van der Waals surface area contributed by atoms with Crippen molar-refractivity contribution in [2.24, 2.45) is 0 Å². The van der Waals surface area contributed by atoms with Crippen molar-refractivity contribution in [3.05, 3.63) is 70.2 Å². The molecule has 0 amide bonds. The summed E-state index contributed by atoms with van der Waals surface area (Å²) in [4.78, 5) is 12.1. The van der Waals surface area contributed by atoms with E-state index in [4.69, 9.17) is 4.74 Å². The fourth-order valence-corrected chi connectivity index (χ4v) is 3.72. The summed E-state index contributed by atoms with van der Waals surface area (Å²) < 4.78 is 44.3. The van der Waals surface area contributed by atoms with Crippen LogP contribution >= 0.6 is 0 Å². The van der Waals surface area contributed by atoms with Gasteiger partial charge in [0.15, 0.2) is 0 Å². The number of carbonyl (C=O) groups excluding carboxylic acids is 1. The zero-order chi connectivity index (χ0) is 17.6. The van der Waals surface area contributed by atoms with Crippen LogP contribution in [0.4, 0.5) is 13.2 Å². The molecule has 0 atom stereocenters. The Morgan fingerprint density at radius 1 is 1.08 bits per heavy atom. The Balaban J connectivity index is 2.28. The normalized spacial score (nSPS) is 12.1. The average molecular weight is 399 g/mol. The number of halogens is 3. The monoisotopic (exact) mass is 400 g/mol. The Morgan fingerprint density at radius 3 is 2.25 bits per heavy atom. The van der Waals surface area contributed by atoms with Gasteiger partial charge in [0.2, 0.25) is 0 Å². The van der Waals surface area contributed by atoms with E-state index in [1.165, 1.54) is 12.1 Å². The van der Waals surface area contributed by atoms with Gasteiger partial charge < -0.3 is 0 Å². The molecule has 2 nitrogen and oxygen atoms in total. The fraction of sp³-hybridized carbons (Fsp3) is 0.167. The van der Waals surface area contributed by atoms with Gasteiger partial charge >= 0.3 is 144 Å². The van der Waals surface area contributed by atoms with Gasteiger partial charge in [0.1, 0.15) is 0 Å². The summed E-state index contributed by atoms with van der Waals surface area (Å²) in [6.45, 7) is 1.96. The fourth-order valence-electron chi connectivity index (χ4n) is 1.87. The van der Waals surface area contributed by atoms with E-state index in [1.807, 2.05) is 30.3 Å². The molecule has 0 saturated carbocycles. The molecule has 6 heteroatoms. The van der Waals surface area contributed by atoms with E-state index in [1.54, 1.807) is 13.0 Å². The first kappa shape index (κ1) is 18.3. The third-order valence-electron chi connectivity index (χ3n) is 2.98. The van der Waals surface area contributed by atoms with Crippen molar-refractivity contribution in [2.75, 3.05) is 6.61 Å². The quantitative estimate of drug-likeness (QED) is 0.436. The number of rotatable bonds is 5. The predicted octanol–water partition coefficient (Wildman–Crippen LogP) is 3.64. The zero-order valence-corrected chi connectivity index (χ0v) is 14.6. The molecule has 2 aromatic rings. The van der Waals surface area contributed by atoms with Gasteiger partial charge in [-0.1, -0.05) is 0 Å². The van der Waals surface area contributed by atoms with E-state index < -0.39 is 17.7 Å². The number of benzene rings is 2. The molecule has 0 aliphatic carbocycles. The average Bonchev–Trinajstić information content (AvgIpc) is 2.55. The molecule has 0 aliphatic heterocycles. The van der Waals surface area contributed by atoms with E-state index in [2.05, 4.69) is 0 Å². The molecule has 0 aliphatic rings. The molecule has 126 valence electrons. The van der Waals surface area contributed by atoms with E-state index in [-0.39, 0.29) is 21.6 Å². The van der Waals surface area contributed by atoms with E-state index >= 15 is 0 Å². The minimum absolute atomic E-state index is 0.244. The van der Waals surface area contributed by atoms with Gasteiger partial charge in [-0.2, -0.15) is 0 Å². The Labute approximate surface area is 144 Å². The maximum absolute atomic E-state index is 12.6. The predicted molar refractivity (Wildman–Crippen MR) is 87.9 cm³/mol. The van der Waals surface area contributed by atoms with Gasteiger partial charge in [-0.25, -0.2) is 0 Å². The molecular weight excluding hydrogens is 384 g/mol. The van der Waals surface area contributed by atoms with Gasteiger partial charge in [0.25, 0.3) is 0 Å². The molecule has 0 radical (unpaired) electrons. The molecule has 0 unspecified atom stereocenters. The molecule has 0 fully saturated rings. The Kier molecular flexibility index (Phi) is 6.23. The zero-order valence-electron chi connectivity index (χ0n) is 12.8. The second-order valence-electron chi connectivity index (χ2n) is 4.76. The topological polar surface area (TPSA) is 26.3 Å². The number of ether oxygens (including phenoxy) is 1. The second kappa shape index (κ2) is 8.17. The van der Waals surface area contributed by atoms with Crippen LogP contribution in [0.25, 0.3) is 6.08 Å². The van der Waals surface area contributed by atoms with Crippen LogP contribution in [0.1, 0.15) is 18.1 Å². The van der Waals surface area contributed by atoms with Crippen molar-refractivity contribution in [1.82, 2.24) is 0 Å². The van der Waals surface area contributed by atoms with Crippen LogP contribution in [0.2, 0.25) is 0 Å². The standard InChI is InChI=1S/C18H15F3O2Se/c1-2-23-17(22)16(24-15-6-4-3-5-7-15)12-13-8-10-14(11-9-13)18(19,20)21/h3-12H,2H2,1H3/b16-12-. The van der Waals surface area contributed by atoms with Crippen molar-refractivity contribution in [2.45, 2.75) is 13.1 Å². The summed E-state index contributed by atoms with van der Waals surface area (Å²) in [6, 6.07) is 14.1. The summed E-state index contributed by atoms with van der Waals surface area (Å²) in [5.74, 6) is -0.443. The summed E-state index contributed by atoms with van der Waals surface area (Å²) in [7, 11) is 0. The second-order valence-corrected chi connectivity index (χ2v) is 7.10. The van der Waals surface area contributed by atoms with Gasteiger partial charge in [-0.15, -0.1) is 0 Å². The van der Waals surface area contributed by atoms with Gasteiger partial charge in [0.05, 0.1) is 0 Å². The molecule has 0 bridgehead atoms. The minimum atomic E-state index is -4.37. The van der Waals surface area contributed by atoms with E-state index in [0.29, 0.717) is 10.0 Å². The molecule has 0 aromatic heterocycles. The third kappa shape index (κ3) is 5.25. The van der Waals surface area contributed by atoms with E-state index in [9.17, 15) is 18.0 Å². The molecule has 0 N–H and O–H groups in total. The van der Waals surface area contributed by atoms with Crippen molar-refractivity contribution in [3.63, 3.8) is 0 Å². The number of carbonyl (C=O) groups is 1. The molecule has 2 rings (SSSR count). The Bertz CT molecular complexity index is 707. The SMILES string of the molecule is CCOC(=O)/C(=C/c1ccc(C(F)(F)F)cc1)[Se]c1ccccc1. The van der Waals surface area contributed by atoms with Gasteiger partial charge in [-0.05, 0) is 0 Å². The van der Waals surface area contributed by atoms with Gasteiger partial charge in [-0.3, -0.25) is 0 Å². The summed E-state index contributed by atoms with van der Waals surface area (Å²) in [5, 5.41) is 0. The van der Waals surface area contributed by atoms with Crippen molar-refractivity contribution in [1.29, 1.82) is 0 Å². The molecule has 0 heterocycles. The van der Waals surface area contributed by atoms with Crippen molar-refractivity contribution >= 4 is 31.5 Å². The summed E-state index contributed by atoms with van der Waals surface area (Å²) >= 11 is -0.295. The molecule has 2 aromatic carbocycles. The van der Waals surface area contributed by atoms with Crippen LogP contribution in [0, 0.1) is 0 Å². The number of alkyl halides is 3. The molecule has 0 spiro atoms. The first-order valence-electron chi connectivity index (χ1n) is 7.19. The van der Waals surface area contributed by atoms with Crippen molar-refractivity contribution in [3.8, 4) is 0 Å². The van der Waals surface area contributed by atoms with Crippen LogP contribution in [-0.4, -0.2) is 27.5 Å². The first-order valence-corrected chi connectivity index (χ1v) is 8.90. The van der Waals surface area contributed by atoms with Crippen LogP contribution in [0.5, 0.6) is 0 Å². The number of hydrogen-bond acceptors (Lipinski definition) is 2. The first-order chi connectivity index (χ1) is 11.4. The number of esters is 1. The third-order valence-corrected chi connectivity index (χ3v) is 5.11. The van der Waals surface area contributed by atoms with E-state index in [0.717, 1.165) is 16.6 Å². The van der Waals surface area contributed by atoms with Crippen LogP contribution in [0.3, 0.4) is 0 Å². The van der Waals surface area contributed by atoms with Crippen LogP contribution in [0.15, 0.2) is 59.1 Å². The molecular formula is C18H15F3O2Se. The summed E-state index contributed by atoms with van der Waals surface area (Å²) in [6.07, 6.45) is -2.79. The molecule has 0 saturated heterocycles. The maximum atomic E-state index is 12.6. The van der Waals surface area contributed by atoms with Crippen molar-refractivity contribution < 1.29 is 22.7 Å². The molecule has 24 heavy (non-hydrogen) atoms. The Morgan fingerprint density at radius 2 is 1.71 bits per heavy atom. The Hall–Kier alpha value is -2.04. The van der Waals surface area contributed by atoms with Crippen LogP contribution in [-0.2, 0) is 15.7 Å².